The summed E-state index contributed by atoms with van der Waals surface area (Å²) in [5.41, 5.74) is 6.66. The van der Waals surface area contributed by atoms with E-state index in [0.29, 0.717) is 42.6 Å². The average Bonchev–Trinajstić information content (AvgIpc) is 2.33. The maximum atomic E-state index is 12.0. The van der Waals surface area contributed by atoms with Crippen LogP contribution in [0.4, 0.5) is 5.69 Å². The van der Waals surface area contributed by atoms with E-state index in [2.05, 4.69) is 0 Å². The van der Waals surface area contributed by atoms with E-state index >= 15 is 0 Å². The van der Waals surface area contributed by atoms with Gasteiger partial charge in [-0.25, -0.2) is 0 Å². The van der Waals surface area contributed by atoms with Gasteiger partial charge in [-0.15, -0.1) is 0 Å². The second kappa shape index (κ2) is 4.72. The Balaban J connectivity index is 2.16. The van der Waals surface area contributed by atoms with Crippen molar-refractivity contribution in [3.05, 3.63) is 28.8 Å². The number of morpholine rings is 1. The van der Waals surface area contributed by atoms with Crippen molar-refractivity contribution in [1.82, 2.24) is 4.90 Å². The molecular weight excluding hydrogens is 228 g/mol. The van der Waals surface area contributed by atoms with Gasteiger partial charge in [0, 0.05) is 18.7 Å². The molecule has 0 unspecified atom stereocenters. The predicted molar refractivity (Wildman–Crippen MR) is 62.6 cm³/mol. The van der Waals surface area contributed by atoms with Crippen LogP contribution < -0.4 is 5.73 Å². The normalized spacial score (nSPS) is 16.2. The van der Waals surface area contributed by atoms with Crippen LogP contribution in [0.15, 0.2) is 18.2 Å². The van der Waals surface area contributed by atoms with Crippen LogP contribution in [-0.4, -0.2) is 37.1 Å². The van der Waals surface area contributed by atoms with Gasteiger partial charge in [-0.05, 0) is 18.2 Å². The number of anilines is 1. The van der Waals surface area contributed by atoms with Crippen molar-refractivity contribution in [2.75, 3.05) is 32.0 Å². The molecule has 0 atom stereocenters. The number of amides is 1. The SMILES string of the molecule is Nc1cc(C(=O)N2CCOCC2)ccc1Cl. The highest BCUT2D eigenvalue weighted by Crippen LogP contribution is 2.20. The molecule has 16 heavy (non-hydrogen) atoms. The molecule has 2 N–H and O–H groups in total. The van der Waals surface area contributed by atoms with Crippen molar-refractivity contribution in [2.24, 2.45) is 0 Å². The Kier molecular flexibility index (Phi) is 3.31. The van der Waals surface area contributed by atoms with Gasteiger partial charge in [-0.3, -0.25) is 4.79 Å². The molecule has 86 valence electrons. The lowest BCUT2D eigenvalue weighted by Gasteiger charge is -2.26. The summed E-state index contributed by atoms with van der Waals surface area (Å²) < 4.78 is 5.19. The Hall–Kier alpha value is -1.26. The summed E-state index contributed by atoms with van der Waals surface area (Å²) in [5, 5.41) is 0.471. The number of halogens is 1. The molecule has 5 heteroatoms. The van der Waals surface area contributed by atoms with Crippen molar-refractivity contribution in [1.29, 1.82) is 0 Å². The molecule has 0 spiro atoms. The topological polar surface area (TPSA) is 55.6 Å². The molecule has 0 bridgehead atoms. The zero-order valence-electron chi connectivity index (χ0n) is 8.78. The highest BCUT2D eigenvalue weighted by atomic mass is 35.5. The number of hydrogen-bond acceptors (Lipinski definition) is 3. The Morgan fingerprint density at radius 3 is 2.69 bits per heavy atom. The van der Waals surface area contributed by atoms with Crippen LogP contribution in [0.5, 0.6) is 0 Å². The minimum Gasteiger partial charge on any atom is -0.398 e. The van der Waals surface area contributed by atoms with Crippen molar-refractivity contribution in [3.63, 3.8) is 0 Å². The molecule has 0 aliphatic carbocycles. The first-order chi connectivity index (χ1) is 7.68. The number of nitrogens with two attached hydrogens (primary N) is 1. The van der Waals surface area contributed by atoms with E-state index in [4.69, 9.17) is 22.1 Å². The molecule has 0 saturated carbocycles. The molecule has 1 aliphatic heterocycles. The van der Waals surface area contributed by atoms with E-state index < -0.39 is 0 Å². The number of nitrogens with zero attached hydrogens (tertiary/aromatic N) is 1. The minimum absolute atomic E-state index is 0.0216. The Labute approximate surface area is 98.9 Å². The van der Waals surface area contributed by atoms with Crippen molar-refractivity contribution in [2.45, 2.75) is 0 Å². The number of benzene rings is 1. The van der Waals surface area contributed by atoms with Crippen molar-refractivity contribution in [3.8, 4) is 0 Å². The molecular formula is C11H13ClN2O2. The van der Waals surface area contributed by atoms with Crippen LogP contribution in [0.1, 0.15) is 10.4 Å². The van der Waals surface area contributed by atoms with Gasteiger partial charge in [0.1, 0.15) is 0 Å². The summed E-state index contributed by atoms with van der Waals surface area (Å²) in [4.78, 5) is 13.8. The Bertz CT molecular complexity index is 403. The highest BCUT2D eigenvalue weighted by Gasteiger charge is 2.18. The van der Waals surface area contributed by atoms with Gasteiger partial charge in [-0.2, -0.15) is 0 Å². The number of hydrogen-bond donors (Lipinski definition) is 1. The summed E-state index contributed by atoms with van der Waals surface area (Å²) in [6, 6.07) is 4.95. The van der Waals surface area contributed by atoms with E-state index in [1.54, 1.807) is 23.1 Å². The molecule has 1 aliphatic rings. The first-order valence-electron chi connectivity index (χ1n) is 5.10. The van der Waals surface area contributed by atoms with Gasteiger partial charge in [0.25, 0.3) is 5.91 Å². The van der Waals surface area contributed by atoms with Gasteiger partial charge in [0.05, 0.1) is 23.9 Å². The lowest BCUT2D eigenvalue weighted by molar-refractivity contribution is 0.0303. The smallest absolute Gasteiger partial charge is 0.254 e. The fourth-order valence-corrected chi connectivity index (χ4v) is 1.74. The van der Waals surface area contributed by atoms with Crippen LogP contribution >= 0.6 is 11.6 Å². The van der Waals surface area contributed by atoms with Gasteiger partial charge in [0.2, 0.25) is 0 Å². The Morgan fingerprint density at radius 1 is 1.38 bits per heavy atom. The standard InChI is InChI=1S/C11H13ClN2O2/c12-9-2-1-8(7-10(9)13)11(15)14-3-5-16-6-4-14/h1-2,7H,3-6,13H2. The second-order valence-electron chi connectivity index (χ2n) is 3.64. The number of carbonyl (C=O) groups is 1. The lowest BCUT2D eigenvalue weighted by Crippen LogP contribution is -2.40. The summed E-state index contributed by atoms with van der Waals surface area (Å²) in [6.07, 6.45) is 0. The fraction of sp³-hybridized carbons (Fsp3) is 0.364. The first-order valence-corrected chi connectivity index (χ1v) is 5.48. The number of ether oxygens (including phenoxy) is 1. The third-order valence-corrected chi connectivity index (χ3v) is 2.89. The maximum absolute atomic E-state index is 12.0. The van der Waals surface area contributed by atoms with Gasteiger partial charge < -0.3 is 15.4 Å². The molecule has 1 aromatic carbocycles. The van der Waals surface area contributed by atoms with Crippen molar-refractivity contribution < 1.29 is 9.53 Å². The maximum Gasteiger partial charge on any atom is 0.254 e. The zero-order valence-corrected chi connectivity index (χ0v) is 9.54. The molecule has 1 fully saturated rings. The monoisotopic (exact) mass is 240 g/mol. The third-order valence-electron chi connectivity index (χ3n) is 2.54. The molecule has 2 rings (SSSR count). The van der Waals surface area contributed by atoms with E-state index in [9.17, 15) is 4.79 Å². The van der Waals surface area contributed by atoms with Crippen LogP contribution in [0.3, 0.4) is 0 Å². The molecule has 0 radical (unpaired) electrons. The molecule has 4 nitrogen and oxygen atoms in total. The number of carbonyl (C=O) groups excluding carboxylic acids is 1. The minimum atomic E-state index is -0.0216. The average molecular weight is 241 g/mol. The summed E-state index contributed by atoms with van der Waals surface area (Å²) in [5.74, 6) is -0.0216. The summed E-state index contributed by atoms with van der Waals surface area (Å²) in [7, 11) is 0. The van der Waals surface area contributed by atoms with Crippen LogP contribution in [-0.2, 0) is 4.74 Å². The van der Waals surface area contributed by atoms with E-state index in [-0.39, 0.29) is 5.91 Å². The highest BCUT2D eigenvalue weighted by molar-refractivity contribution is 6.33. The molecule has 0 aromatic heterocycles. The number of nitrogen functional groups attached to an aromatic ring is 1. The van der Waals surface area contributed by atoms with Gasteiger partial charge in [-0.1, -0.05) is 11.6 Å². The molecule has 1 aromatic rings. The zero-order chi connectivity index (χ0) is 11.5. The quantitative estimate of drug-likeness (QED) is 0.755. The largest absolute Gasteiger partial charge is 0.398 e. The first kappa shape index (κ1) is 11.2. The van der Waals surface area contributed by atoms with Crippen LogP contribution in [0, 0.1) is 0 Å². The van der Waals surface area contributed by atoms with Crippen LogP contribution in [0.25, 0.3) is 0 Å². The second-order valence-corrected chi connectivity index (χ2v) is 4.05. The molecule has 1 heterocycles. The third kappa shape index (κ3) is 2.28. The van der Waals surface area contributed by atoms with Crippen LogP contribution in [0.2, 0.25) is 5.02 Å². The van der Waals surface area contributed by atoms with Crippen molar-refractivity contribution >= 4 is 23.2 Å². The predicted octanol–water partition coefficient (Wildman–Crippen LogP) is 1.39. The lowest BCUT2D eigenvalue weighted by atomic mass is 10.1. The van der Waals surface area contributed by atoms with Gasteiger partial charge in [0.15, 0.2) is 0 Å². The molecule has 1 saturated heterocycles. The fourth-order valence-electron chi connectivity index (χ4n) is 1.63. The van der Waals surface area contributed by atoms with E-state index in [1.165, 1.54) is 0 Å². The summed E-state index contributed by atoms with van der Waals surface area (Å²) >= 11 is 5.80. The van der Waals surface area contributed by atoms with E-state index in [0.717, 1.165) is 0 Å². The number of rotatable bonds is 1. The summed E-state index contributed by atoms with van der Waals surface area (Å²) in [6.45, 7) is 2.44. The Morgan fingerprint density at radius 2 is 2.06 bits per heavy atom. The van der Waals surface area contributed by atoms with Gasteiger partial charge >= 0.3 is 0 Å². The van der Waals surface area contributed by atoms with E-state index in [1.807, 2.05) is 0 Å². The molecule has 1 amide bonds.